The summed E-state index contributed by atoms with van der Waals surface area (Å²) in [6.07, 6.45) is 8.49. The molecule has 2 aromatic rings. The molecule has 1 amide bonds. The molecule has 9 nitrogen and oxygen atoms in total. The fourth-order valence-electron chi connectivity index (χ4n) is 4.43. The zero-order valence-corrected chi connectivity index (χ0v) is 19.9. The minimum atomic E-state index is -0.250. The number of hydrogen-bond acceptors (Lipinski definition) is 7. The number of piperidine rings is 1. The molecule has 4 rings (SSSR count). The van der Waals surface area contributed by atoms with Gasteiger partial charge in [-0.05, 0) is 39.3 Å². The highest BCUT2D eigenvalue weighted by atomic mass is 32.1. The smallest absolute Gasteiger partial charge is 0.290 e. The average molecular weight is 464 g/mol. The number of likely N-dealkylation sites (tertiary alicyclic amines) is 1. The van der Waals surface area contributed by atoms with Crippen molar-refractivity contribution in [1.29, 1.82) is 0 Å². The summed E-state index contributed by atoms with van der Waals surface area (Å²) in [6.45, 7) is 8.00. The number of carboxylic acid groups (broad SMARTS) is 1. The lowest BCUT2D eigenvalue weighted by molar-refractivity contribution is -0.122. The molecule has 0 radical (unpaired) electrons. The molecule has 4 heterocycles. The van der Waals surface area contributed by atoms with Gasteiger partial charge in [0.25, 0.3) is 12.4 Å². The molecule has 10 heteroatoms. The van der Waals surface area contributed by atoms with Gasteiger partial charge in [0, 0.05) is 31.9 Å². The lowest BCUT2D eigenvalue weighted by atomic mass is 9.99. The Kier molecular flexibility index (Phi) is 8.77. The molecule has 2 aromatic heterocycles. The zero-order chi connectivity index (χ0) is 23.1. The van der Waals surface area contributed by atoms with Crippen LogP contribution in [0, 0.1) is 6.92 Å². The third kappa shape index (κ3) is 5.73. The normalized spacial score (nSPS) is 21.7. The van der Waals surface area contributed by atoms with E-state index in [2.05, 4.69) is 21.9 Å². The molecule has 176 valence electrons. The second-order valence-corrected chi connectivity index (χ2v) is 9.23. The van der Waals surface area contributed by atoms with Crippen LogP contribution in [0.25, 0.3) is 0 Å². The minimum absolute atomic E-state index is 0.0473. The Bertz CT molecular complexity index is 893. The van der Waals surface area contributed by atoms with Crippen molar-refractivity contribution in [1.82, 2.24) is 24.6 Å². The first-order valence-corrected chi connectivity index (χ1v) is 12.0. The van der Waals surface area contributed by atoms with Crippen LogP contribution < -0.4 is 0 Å². The van der Waals surface area contributed by atoms with Gasteiger partial charge in [-0.1, -0.05) is 13.3 Å². The number of morpholine rings is 1. The van der Waals surface area contributed by atoms with Crippen LogP contribution in [-0.2, 0) is 23.0 Å². The van der Waals surface area contributed by atoms with Gasteiger partial charge >= 0.3 is 0 Å². The molecule has 2 saturated heterocycles. The summed E-state index contributed by atoms with van der Waals surface area (Å²) in [6, 6.07) is -0.126. The number of carbonyl (C=O) groups excluding carboxylic acids is 1. The van der Waals surface area contributed by atoms with Gasteiger partial charge in [0.15, 0.2) is 0 Å². The van der Waals surface area contributed by atoms with Crippen molar-refractivity contribution in [3.8, 4) is 0 Å². The predicted molar refractivity (Wildman–Crippen MR) is 122 cm³/mol. The molecule has 2 atom stereocenters. The van der Waals surface area contributed by atoms with E-state index in [4.69, 9.17) is 14.6 Å². The summed E-state index contributed by atoms with van der Waals surface area (Å²) in [5.41, 5.74) is 1.88. The molecule has 0 aliphatic carbocycles. The molecule has 2 aliphatic rings. The highest BCUT2D eigenvalue weighted by Gasteiger charge is 2.39. The molecule has 0 spiro atoms. The van der Waals surface area contributed by atoms with Gasteiger partial charge < -0.3 is 19.6 Å². The van der Waals surface area contributed by atoms with E-state index in [-0.39, 0.29) is 24.5 Å². The summed E-state index contributed by atoms with van der Waals surface area (Å²) >= 11 is 1.53. The molecule has 1 N–H and O–H groups in total. The SMILES string of the molecule is CCc1nc(C)c(C(=O)N2CCO[C@@H](CN3CCCCC3)[C@@H]2c2cnn(C)c2)s1.O=CO. The van der Waals surface area contributed by atoms with Gasteiger partial charge in [-0.25, -0.2) is 4.98 Å². The molecular weight excluding hydrogens is 430 g/mol. The van der Waals surface area contributed by atoms with Crippen molar-refractivity contribution in [3.05, 3.63) is 33.5 Å². The van der Waals surface area contributed by atoms with Crippen LogP contribution in [-0.4, -0.2) is 80.9 Å². The topological polar surface area (TPSA) is 101 Å². The Morgan fingerprint density at radius 1 is 1.31 bits per heavy atom. The number of aryl methyl sites for hydroxylation is 3. The zero-order valence-electron chi connectivity index (χ0n) is 19.1. The monoisotopic (exact) mass is 463 g/mol. The Morgan fingerprint density at radius 3 is 2.62 bits per heavy atom. The second-order valence-electron chi connectivity index (χ2n) is 8.14. The van der Waals surface area contributed by atoms with Crippen molar-refractivity contribution in [3.63, 3.8) is 0 Å². The Labute approximate surface area is 193 Å². The number of aromatic nitrogens is 3. The van der Waals surface area contributed by atoms with Crippen molar-refractivity contribution in [2.75, 3.05) is 32.8 Å². The Hall–Kier alpha value is -2.30. The molecule has 2 aliphatic heterocycles. The maximum atomic E-state index is 13.6. The maximum Gasteiger partial charge on any atom is 0.290 e. The van der Waals surface area contributed by atoms with E-state index in [1.807, 2.05) is 31.3 Å². The Balaban J connectivity index is 0.000000913. The fraction of sp³-hybridized carbons (Fsp3) is 0.636. The van der Waals surface area contributed by atoms with Gasteiger partial charge in [-0.3, -0.25) is 14.3 Å². The van der Waals surface area contributed by atoms with E-state index in [9.17, 15) is 4.79 Å². The summed E-state index contributed by atoms with van der Waals surface area (Å²) in [5, 5.41) is 12.3. The summed E-state index contributed by atoms with van der Waals surface area (Å²) in [5.74, 6) is 0.0699. The minimum Gasteiger partial charge on any atom is -0.483 e. The number of rotatable bonds is 5. The highest BCUT2D eigenvalue weighted by Crippen LogP contribution is 2.33. The lowest BCUT2D eigenvalue weighted by Crippen LogP contribution is -2.52. The Morgan fingerprint density at radius 2 is 2.03 bits per heavy atom. The van der Waals surface area contributed by atoms with E-state index >= 15 is 0 Å². The number of nitrogens with zero attached hydrogens (tertiary/aromatic N) is 5. The van der Waals surface area contributed by atoms with Gasteiger partial charge in [0.1, 0.15) is 4.88 Å². The fourth-order valence-corrected chi connectivity index (χ4v) is 5.39. The van der Waals surface area contributed by atoms with Gasteiger partial charge in [-0.2, -0.15) is 5.10 Å². The number of ether oxygens (including phenoxy) is 1. The summed E-state index contributed by atoms with van der Waals surface area (Å²) in [7, 11) is 1.92. The van der Waals surface area contributed by atoms with Crippen molar-refractivity contribution < 1.29 is 19.4 Å². The molecule has 0 unspecified atom stereocenters. The molecule has 0 saturated carbocycles. The van der Waals surface area contributed by atoms with Gasteiger partial charge in [0.05, 0.1) is 35.7 Å². The largest absolute Gasteiger partial charge is 0.483 e. The maximum absolute atomic E-state index is 13.6. The van der Waals surface area contributed by atoms with E-state index in [0.717, 1.165) is 47.2 Å². The van der Waals surface area contributed by atoms with Gasteiger partial charge in [-0.15, -0.1) is 11.3 Å². The third-order valence-electron chi connectivity index (χ3n) is 5.90. The van der Waals surface area contributed by atoms with Crippen molar-refractivity contribution >= 4 is 23.7 Å². The third-order valence-corrected chi connectivity index (χ3v) is 7.19. The average Bonchev–Trinajstić information content (AvgIpc) is 3.39. The summed E-state index contributed by atoms with van der Waals surface area (Å²) in [4.78, 5) is 31.8. The van der Waals surface area contributed by atoms with E-state index < -0.39 is 0 Å². The van der Waals surface area contributed by atoms with Crippen molar-refractivity contribution in [2.24, 2.45) is 7.05 Å². The summed E-state index contributed by atoms with van der Waals surface area (Å²) < 4.78 is 8.05. The first kappa shape index (κ1) is 24.3. The van der Waals surface area contributed by atoms with E-state index in [1.54, 1.807) is 4.68 Å². The van der Waals surface area contributed by atoms with Gasteiger partial charge in [0.2, 0.25) is 0 Å². The van der Waals surface area contributed by atoms with E-state index in [1.165, 1.54) is 30.6 Å². The first-order chi connectivity index (χ1) is 15.5. The van der Waals surface area contributed by atoms with Crippen LogP contribution in [0.1, 0.15) is 58.2 Å². The lowest BCUT2D eigenvalue weighted by Gasteiger charge is -2.43. The van der Waals surface area contributed by atoms with Crippen LogP contribution >= 0.6 is 11.3 Å². The molecule has 32 heavy (non-hydrogen) atoms. The first-order valence-electron chi connectivity index (χ1n) is 11.2. The van der Waals surface area contributed by atoms with Crippen LogP contribution in [0.2, 0.25) is 0 Å². The van der Waals surface area contributed by atoms with Crippen molar-refractivity contribution in [2.45, 2.75) is 51.7 Å². The number of hydrogen-bond donors (Lipinski definition) is 1. The van der Waals surface area contributed by atoms with Crippen LogP contribution in [0.15, 0.2) is 12.4 Å². The molecule has 0 bridgehead atoms. The standard InChI is InChI=1S/C21H31N5O2S.CH2O2/c1-4-18-23-15(2)20(29-18)21(27)26-10-11-28-17(14-25-8-6-5-7-9-25)19(26)16-12-22-24(3)13-16;2-1-3/h12-13,17,19H,4-11,14H2,1-3H3;1H,(H,2,3)/t17-,19-;/m0./s1. The number of thiazole rings is 1. The van der Waals surface area contributed by atoms with Crippen LogP contribution in [0.4, 0.5) is 0 Å². The molecule has 2 fully saturated rings. The molecule has 0 aromatic carbocycles. The number of amides is 1. The quantitative estimate of drug-likeness (QED) is 0.680. The van der Waals surface area contributed by atoms with E-state index in [0.29, 0.717) is 13.2 Å². The molecular formula is C22H33N5O4S. The number of carbonyl (C=O) groups is 2. The second kappa shape index (κ2) is 11.5. The van der Waals surface area contributed by atoms with Crippen LogP contribution in [0.3, 0.4) is 0 Å². The highest BCUT2D eigenvalue weighted by molar-refractivity contribution is 7.13. The predicted octanol–water partition coefficient (Wildman–Crippen LogP) is 2.52. The van der Waals surface area contributed by atoms with Crippen LogP contribution in [0.5, 0.6) is 0 Å².